The zero-order chi connectivity index (χ0) is 44.6. The topological polar surface area (TPSA) is 25.8 Å². The molecule has 1 aliphatic carbocycles. The van der Waals surface area contributed by atoms with Gasteiger partial charge < -0.3 is 0 Å². The van der Waals surface area contributed by atoms with Gasteiger partial charge in [0.05, 0.1) is 11.0 Å². The van der Waals surface area contributed by atoms with Gasteiger partial charge in [-0.05, 0) is 124 Å². The second-order valence-corrected chi connectivity index (χ2v) is 18.4. The van der Waals surface area contributed by atoms with Crippen LogP contribution in [0.5, 0.6) is 0 Å². The van der Waals surface area contributed by atoms with Gasteiger partial charge in [0.1, 0.15) is 0 Å². The molecule has 10 aromatic carbocycles. The molecule has 0 fully saturated rings. The highest BCUT2D eigenvalue weighted by atomic mass is 14.7. The summed E-state index contributed by atoms with van der Waals surface area (Å²) < 4.78 is 0. The SMILES string of the molecule is CC1(C)c2cc(-c3ccc(-c4c5ccccc5c(-c5ccccc5)c5ncccc45)cc3)ccc2-c2ccc(-c3ccc(-c4c5ccccc5c(-c5ccccc5)c5ncccc45)cc3)cc21. The number of hydrogen-bond acceptors (Lipinski definition) is 2. The molecule has 0 N–H and O–H groups in total. The van der Waals surface area contributed by atoms with E-state index in [4.69, 9.17) is 9.97 Å². The van der Waals surface area contributed by atoms with Gasteiger partial charge in [0.25, 0.3) is 0 Å². The Balaban J connectivity index is 0.832. The van der Waals surface area contributed by atoms with Crippen molar-refractivity contribution in [1.82, 2.24) is 9.97 Å². The summed E-state index contributed by atoms with van der Waals surface area (Å²) in [5.74, 6) is 0. The molecule has 0 unspecified atom stereocenters. The molecule has 2 heterocycles. The highest BCUT2D eigenvalue weighted by Gasteiger charge is 2.36. The van der Waals surface area contributed by atoms with Crippen molar-refractivity contribution in [2.24, 2.45) is 0 Å². The van der Waals surface area contributed by atoms with Crippen LogP contribution in [0.25, 0.3) is 121 Å². The number of rotatable bonds is 6. The first-order chi connectivity index (χ1) is 33.0. The zero-order valence-corrected chi connectivity index (χ0v) is 37.3. The van der Waals surface area contributed by atoms with E-state index in [1.807, 2.05) is 12.4 Å². The fourth-order valence-corrected chi connectivity index (χ4v) is 11.2. The quantitative estimate of drug-likeness (QED) is 0.156. The van der Waals surface area contributed by atoms with E-state index < -0.39 is 0 Å². The van der Waals surface area contributed by atoms with Crippen LogP contribution >= 0.6 is 0 Å². The molecule has 1 aliphatic rings. The molecule has 0 saturated heterocycles. The molecule has 0 bridgehead atoms. The Morgan fingerprint density at radius 2 is 0.582 bits per heavy atom. The molecule has 314 valence electrons. The van der Waals surface area contributed by atoms with Gasteiger partial charge in [-0.25, -0.2) is 0 Å². The fraction of sp³-hybridized carbons (Fsp3) is 0.0462. The zero-order valence-electron chi connectivity index (χ0n) is 37.3. The molecule has 13 rings (SSSR count). The molecule has 0 radical (unpaired) electrons. The van der Waals surface area contributed by atoms with Crippen LogP contribution < -0.4 is 0 Å². The molecule has 0 amide bonds. The van der Waals surface area contributed by atoms with Crippen LogP contribution in [0.15, 0.2) is 231 Å². The van der Waals surface area contributed by atoms with Crippen molar-refractivity contribution in [3.05, 3.63) is 242 Å². The third-order valence-corrected chi connectivity index (χ3v) is 14.4. The van der Waals surface area contributed by atoms with Crippen molar-refractivity contribution < 1.29 is 0 Å². The third-order valence-electron chi connectivity index (χ3n) is 14.4. The van der Waals surface area contributed by atoms with Gasteiger partial charge in [-0.1, -0.05) is 208 Å². The molecule has 0 spiro atoms. The molecular weight excluding hydrogens is 809 g/mol. The van der Waals surface area contributed by atoms with Gasteiger partial charge in [-0.3, -0.25) is 9.97 Å². The van der Waals surface area contributed by atoms with Crippen molar-refractivity contribution in [3.8, 4) is 77.9 Å². The number of nitrogens with zero attached hydrogens (tertiary/aromatic N) is 2. The van der Waals surface area contributed by atoms with Gasteiger partial charge in [0.15, 0.2) is 0 Å². The summed E-state index contributed by atoms with van der Waals surface area (Å²) in [5, 5.41) is 7.21. The average molecular weight is 853 g/mol. The molecule has 0 aliphatic heterocycles. The van der Waals surface area contributed by atoms with Crippen molar-refractivity contribution in [2.45, 2.75) is 19.3 Å². The molecule has 2 nitrogen and oxygen atoms in total. The van der Waals surface area contributed by atoms with E-state index in [2.05, 4.69) is 232 Å². The maximum atomic E-state index is 4.99. The number of hydrogen-bond donors (Lipinski definition) is 0. The van der Waals surface area contributed by atoms with E-state index >= 15 is 0 Å². The molecule has 2 aromatic heterocycles. The predicted octanol–water partition coefficient (Wildman–Crippen LogP) is 17.4. The first kappa shape index (κ1) is 39.0. The smallest absolute Gasteiger partial charge is 0.0792 e. The van der Waals surface area contributed by atoms with Crippen LogP contribution in [0.4, 0.5) is 0 Å². The standard InChI is InChI=1S/C65H44N2/c1-65(2)57-39-47(41-25-29-45(30-26-41)59-51-19-9-11-21-53(51)61(43-15-5-3-6-16-43)63-55(59)23-13-37-66-63)33-35-49(57)50-36-34-48(40-58(50)65)42-27-31-46(32-28-42)60-52-20-10-12-22-54(52)62(44-17-7-4-8-18-44)64-56(60)24-14-38-67-64/h3-40H,1-2H3. The summed E-state index contributed by atoms with van der Waals surface area (Å²) in [4.78, 5) is 9.97. The van der Waals surface area contributed by atoms with E-state index in [9.17, 15) is 0 Å². The largest absolute Gasteiger partial charge is 0.256 e. The van der Waals surface area contributed by atoms with Crippen LogP contribution in [0.1, 0.15) is 25.0 Å². The van der Waals surface area contributed by atoms with Crippen molar-refractivity contribution >= 4 is 43.4 Å². The number of pyridine rings is 2. The summed E-state index contributed by atoms with van der Waals surface area (Å²) in [7, 11) is 0. The minimum Gasteiger partial charge on any atom is -0.256 e. The summed E-state index contributed by atoms with van der Waals surface area (Å²) in [5.41, 5.74) is 21.6. The highest BCUT2D eigenvalue weighted by molar-refractivity contribution is 6.21. The Kier molecular flexibility index (Phi) is 8.91. The summed E-state index contributed by atoms with van der Waals surface area (Å²) in [6.45, 7) is 4.76. The van der Waals surface area contributed by atoms with E-state index in [1.54, 1.807) is 0 Å². The second-order valence-electron chi connectivity index (χ2n) is 18.4. The lowest BCUT2D eigenvalue weighted by atomic mass is 9.80. The first-order valence-corrected chi connectivity index (χ1v) is 23.2. The normalized spacial score (nSPS) is 12.7. The Bertz CT molecular complexity index is 3530. The van der Waals surface area contributed by atoms with Crippen LogP contribution in [-0.2, 0) is 5.41 Å². The lowest BCUT2D eigenvalue weighted by Gasteiger charge is -2.23. The predicted molar refractivity (Wildman–Crippen MR) is 282 cm³/mol. The Morgan fingerprint density at radius 3 is 0.985 bits per heavy atom. The first-order valence-electron chi connectivity index (χ1n) is 23.2. The summed E-state index contributed by atoms with van der Waals surface area (Å²) >= 11 is 0. The molecule has 0 atom stereocenters. The fourth-order valence-electron chi connectivity index (χ4n) is 11.2. The van der Waals surface area contributed by atoms with Gasteiger partial charge in [-0.15, -0.1) is 0 Å². The summed E-state index contributed by atoms with van der Waals surface area (Å²) in [6.07, 6.45) is 3.83. The summed E-state index contributed by atoms with van der Waals surface area (Å²) in [6, 6.07) is 79.8. The minimum absolute atomic E-state index is 0.173. The number of aromatic nitrogens is 2. The van der Waals surface area contributed by atoms with E-state index in [0.29, 0.717) is 0 Å². The molecular formula is C65H44N2. The van der Waals surface area contributed by atoms with Crippen LogP contribution in [0, 0.1) is 0 Å². The lowest BCUT2D eigenvalue weighted by molar-refractivity contribution is 0.661. The molecule has 2 heteroatoms. The van der Waals surface area contributed by atoms with Crippen molar-refractivity contribution in [1.29, 1.82) is 0 Å². The van der Waals surface area contributed by atoms with Crippen LogP contribution in [0.2, 0.25) is 0 Å². The number of benzene rings is 10. The van der Waals surface area contributed by atoms with Gasteiger partial charge >= 0.3 is 0 Å². The Hall–Kier alpha value is -8.46. The Morgan fingerprint density at radius 1 is 0.269 bits per heavy atom. The average Bonchev–Trinajstić information content (AvgIpc) is 3.62. The highest BCUT2D eigenvalue weighted by Crippen LogP contribution is 2.51. The van der Waals surface area contributed by atoms with E-state index in [1.165, 1.54) is 111 Å². The maximum absolute atomic E-state index is 4.99. The minimum atomic E-state index is -0.173. The lowest BCUT2D eigenvalue weighted by Crippen LogP contribution is -2.15. The van der Waals surface area contributed by atoms with Crippen molar-refractivity contribution in [3.63, 3.8) is 0 Å². The van der Waals surface area contributed by atoms with Crippen molar-refractivity contribution in [2.75, 3.05) is 0 Å². The third kappa shape index (κ3) is 6.18. The van der Waals surface area contributed by atoms with E-state index in [-0.39, 0.29) is 5.41 Å². The van der Waals surface area contributed by atoms with E-state index in [0.717, 1.165) is 21.8 Å². The second kappa shape index (κ2) is 15.3. The van der Waals surface area contributed by atoms with Gasteiger partial charge in [-0.2, -0.15) is 0 Å². The molecule has 12 aromatic rings. The Labute approximate surface area is 390 Å². The number of fused-ring (bicyclic) bond motifs is 7. The molecule has 67 heavy (non-hydrogen) atoms. The molecule has 0 saturated carbocycles. The van der Waals surface area contributed by atoms with Gasteiger partial charge in [0, 0.05) is 39.7 Å². The van der Waals surface area contributed by atoms with Crippen LogP contribution in [-0.4, -0.2) is 9.97 Å². The van der Waals surface area contributed by atoms with Crippen LogP contribution in [0.3, 0.4) is 0 Å². The monoisotopic (exact) mass is 852 g/mol. The maximum Gasteiger partial charge on any atom is 0.0792 e. The van der Waals surface area contributed by atoms with Gasteiger partial charge in [0.2, 0.25) is 0 Å².